The average Bonchev–Trinajstić information content (AvgIpc) is 3.10. The number of hydrogen-bond donors (Lipinski definition) is 1. The average molecular weight is 665 g/mol. The van der Waals surface area contributed by atoms with E-state index in [0.717, 1.165) is 39.0 Å². The van der Waals surface area contributed by atoms with Gasteiger partial charge >= 0.3 is 6.16 Å². The summed E-state index contributed by atoms with van der Waals surface area (Å²) in [7, 11) is -2.56. The molecule has 3 rings (SSSR count). The van der Waals surface area contributed by atoms with Crippen molar-refractivity contribution < 1.29 is 23.6 Å². The first-order chi connectivity index (χ1) is 23.1. The molecule has 0 bridgehead atoms. The summed E-state index contributed by atoms with van der Waals surface area (Å²) in [6.07, 6.45) is 21.6. The number of carbonyl (C=O) groups is 1. The third kappa shape index (κ3) is 13.9. The smallest absolute Gasteiger partial charge is 0.494 e. The van der Waals surface area contributed by atoms with E-state index >= 15 is 0 Å². The molecule has 0 heterocycles. The van der Waals surface area contributed by atoms with Crippen LogP contribution in [0.15, 0.2) is 93.5 Å². The van der Waals surface area contributed by atoms with Crippen LogP contribution in [0.25, 0.3) is 0 Å². The Bertz CT molecular complexity index is 1150. The first kappa shape index (κ1) is 38.3. The molecule has 47 heavy (non-hydrogen) atoms. The number of carboxylic acid groups (broad SMARTS) is 1. The van der Waals surface area contributed by atoms with Crippen molar-refractivity contribution in [2.75, 3.05) is 13.2 Å². The molecule has 0 aliphatic heterocycles. The van der Waals surface area contributed by atoms with Gasteiger partial charge in [-0.2, -0.15) is 0 Å². The molecule has 0 radical (unpaired) electrons. The van der Waals surface area contributed by atoms with E-state index in [1.807, 2.05) is 78.9 Å². The molecule has 0 aliphatic carbocycles. The van der Waals surface area contributed by atoms with Crippen LogP contribution < -0.4 is 9.47 Å². The fourth-order valence-corrected chi connectivity index (χ4v) is 8.83. The van der Waals surface area contributed by atoms with Crippen LogP contribution in [0.5, 0.6) is 11.5 Å². The zero-order valence-electron chi connectivity index (χ0n) is 29.1. The number of hydrogen-bond acceptors (Lipinski definition) is 4. The predicted molar refractivity (Wildman–Crippen MR) is 196 cm³/mol. The third-order valence-electron chi connectivity index (χ3n) is 8.62. The second-order valence-corrected chi connectivity index (χ2v) is 15.2. The molecule has 260 valence electrons. The molecule has 0 atom stereocenters. The molecule has 0 unspecified atom stereocenters. The van der Waals surface area contributed by atoms with Crippen molar-refractivity contribution >= 4 is 16.5 Å². The highest BCUT2D eigenvalue weighted by Gasteiger charge is 2.36. The summed E-state index contributed by atoms with van der Waals surface area (Å²) >= 11 is 0. The Morgan fingerprint density at radius 1 is 0.489 bits per heavy atom. The molecule has 0 aromatic heterocycles. The van der Waals surface area contributed by atoms with E-state index in [4.69, 9.17) is 13.7 Å². The first-order valence-electron chi connectivity index (χ1n) is 18.4. The molecule has 0 spiro atoms. The Morgan fingerprint density at radius 3 is 1.19 bits per heavy atom. The molecule has 5 nitrogen and oxygen atoms in total. The summed E-state index contributed by atoms with van der Waals surface area (Å²) < 4.78 is 18.1. The fraction of sp³-hybridized carbons (Fsp3) is 0.537. The van der Waals surface area contributed by atoms with Gasteiger partial charge < -0.3 is 18.8 Å². The second-order valence-electron chi connectivity index (χ2n) is 12.5. The highest BCUT2D eigenvalue weighted by molar-refractivity contribution is 8.30. The number of unbranched alkanes of at least 4 members (excludes halogenated alkanes) is 16. The molecule has 0 amide bonds. The first-order valence-corrected chi connectivity index (χ1v) is 19.9. The van der Waals surface area contributed by atoms with Crippen molar-refractivity contribution in [1.82, 2.24) is 0 Å². The monoisotopic (exact) mass is 664 g/mol. The van der Waals surface area contributed by atoms with Crippen LogP contribution in [0.4, 0.5) is 4.79 Å². The molecule has 3 aromatic carbocycles. The van der Waals surface area contributed by atoms with Crippen LogP contribution >= 0.6 is 10.3 Å². The van der Waals surface area contributed by atoms with Crippen molar-refractivity contribution in [1.29, 1.82) is 0 Å². The van der Waals surface area contributed by atoms with Crippen LogP contribution in [0.2, 0.25) is 0 Å². The Labute approximate surface area is 287 Å². The van der Waals surface area contributed by atoms with E-state index in [2.05, 4.69) is 13.8 Å². The lowest BCUT2D eigenvalue weighted by Crippen LogP contribution is -2.12. The van der Waals surface area contributed by atoms with Gasteiger partial charge in [0.25, 0.3) is 0 Å². The molecular weight excluding hydrogens is 605 g/mol. The number of ether oxygens (including phenoxy) is 2. The van der Waals surface area contributed by atoms with Crippen molar-refractivity contribution in [2.24, 2.45) is 0 Å². The zero-order chi connectivity index (χ0) is 33.4. The lowest BCUT2D eigenvalue weighted by atomic mass is 10.1. The normalized spacial score (nSPS) is 11.7. The predicted octanol–water partition coefficient (Wildman–Crippen LogP) is 13.4. The minimum atomic E-state index is -2.56. The van der Waals surface area contributed by atoms with Gasteiger partial charge in [0.15, 0.2) is 0 Å². The SMILES string of the molecule is CCCCCCCCCCCOc1ccc(S(OC(=O)O)(c2ccccc2)c2ccc(OCCCCCCCCCCC)cc2)cc1. The van der Waals surface area contributed by atoms with Gasteiger partial charge in [0, 0.05) is 14.7 Å². The van der Waals surface area contributed by atoms with E-state index in [0.29, 0.717) is 13.2 Å². The summed E-state index contributed by atoms with van der Waals surface area (Å²) in [6, 6.07) is 25.2. The zero-order valence-corrected chi connectivity index (χ0v) is 30.0. The van der Waals surface area contributed by atoms with Crippen molar-refractivity contribution in [2.45, 2.75) is 144 Å². The highest BCUT2D eigenvalue weighted by atomic mass is 32.3. The molecule has 6 heteroatoms. The molecule has 0 saturated heterocycles. The summed E-state index contributed by atoms with van der Waals surface area (Å²) in [5.74, 6) is 1.57. The van der Waals surface area contributed by atoms with Crippen LogP contribution in [-0.2, 0) is 4.18 Å². The number of benzene rings is 3. The van der Waals surface area contributed by atoms with Crippen LogP contribution in [0.3, 0.4) is 0 Å². The second kappa shape index (κ2) is 23.2. The maximum atomic E-state index is 12.2. The van der Waals surface area contributed by atoms with Crippen LogP contribution in [0, 0.1) is 0 Å². The molecule has 0 saturated carbocycles. The molecular formula is C41H60O5S. The quantitative estimate of drug-likeness (QED) is 0.0865. The van der Waals surface area contributed by atoms with Crippen molar-refractivity contribution in [3.8, 4) is 11.5 Å². The summed E-state index contributed by atoms with van der Waals surface area (Å²) in [4.78, 5) is 14.7. The molecule has 3 aromatic rings. The largest absolute Gasteiger partial charge is 0.517 e. The highest BCUT2D eigenvalue weighted by Crippen LogP contribution is 2.69. The van der Waals surface area contributed by atoms with E-state index in [1.54, 1.807) is 0 Å². The van der Waals surface area contributed by atoms with Gasteiger partial charge in [0.1, 0.15) is 11.5 Å². The van der Waals surface area contributed by atoms with Crippen molar-refractivity contribution in [3.63, 3.8) is 0 Å². The topological polar surface area (TPSA) is 65.0 Å². The third-order valence-corrected chi connectivity index (χ3v) is 11.8. The van der Waals surface area contributed by atoms with E-state index in [1.165, 1.54) is 103 Å². The molecule has 0 fully saturated rings. The fourth-order valence-electron chi connectivity index (χ4n) is 5.93. The van der Waals surface area contributed by atoms with Gasteiger partial charge in [-0.05, 0) is 83.8 Å². The van der Waals surface area contributed by atoms with E-state index in [-0.39, 0.29) is 0 Å². The lowest BCUT2D eigenvalue weighted by Gasteiger charge is -2.38. The Hall–Kier alpha value is -3.12. The molecule has 1 N–H and O–H groups in total. The van der Waals surface area contributed by atoms with Gasteiger partial charge in [-0.1, -0.05) is 135 Å². The summed E-state index contributed by atoms with van der Waals surface area (Å²) in [5, 5.41) is 10.0. The van der Waals surface area contributed by atoms with Crippen LogP contribution in [0.1, 0.15) is 129 Å². The van der Waals surface area contributed by atoms with E-state index in [9.17, 15) is 9.90 Å². The molecule has 0 aliphatic rings. The van der Waals surface area contributed by atoms with Crippen molar-refractivity contribution in [3.05, 3.63) is 78.9 Å². The Kier molecular flexibility index (Phi) is 19.0. The van der Waals surface area contributed by atoms with Gasteiger partial charge in [-0.25, -0.2) is 4.79 Å². The van der Waals surface area contributed by atoms with Gasteiger partial charge in [-0.15, -0.1) is 0 Å². The van der Waals surface area contributed by atoms with E-state index < -0.39 is 16.5 Å². The van der Waals surface area contributed by atoms with Crippen LogP contribution in [-0.4, -0.2) is 24.5 Å². The Balaban J connectivity index is 1.60. The minimum Gasteiger partial charge on any atom is -0.494 e. The lowest BCUT2D eigenvalue weighted by molar-refractivity contribution is 0.150. The maximum Gasteiger partial charge on any atom is 0.517 e. The van der Waals surface area contributed by atoms with Gasteiger partial charge in [0.05, 0.1) is 13.2 Å². The summed E-state index contributed by atoms with van der Waals surface area (Å²) in [6.45, 7) is 5.87. The number of rotatable bonds is 26. The summed E-state index contributed by atoms with van der Waals surface area (Å²) in [5.41, 5.74) is 0. The standard InChI is InChI=1S/C41H60O5S/c1-3-5-7-9-11-13-15-17-22-34-44-36-26-30-39(31-27-36)47(46-41(42)43,38-24-20-19-21-25-38)40-32-28-37(29-33-40)45-35-23-18-16-14-12-10-8-6-4-2/h19-21,24-33H,3-18,22-23,34-35H2,1-2H3,(H,42,43). The van der Waals surface area contributed by atoms with Gasteiger partial charge in [-0.3, -0.25) is 0 Å². The Morgan fingerprint density at radius 2 is 0.830 bits per heavy atom. The maximum absolute atomic E-state index is 12.2. The van der Waals surface area contributed by atoms with Gasteiger partial charge in [0.2, 0.25) is 0 Å². The minimum absolute atomic E-state index is 0.679.